The summed E-state index contributed by atoms with van der Waals surface area (Å²) in [5.41, 5.74) is 9.16. The Bertz CT molecular complexity index is 1080. The number of pyridine rings is 1. The zero-order valence-electron chi connectivity index (χ0n) is 20.9. The van der Waals surface area contributed by atoms with Crippen LogP contribution in [-0.4, -0.2) is 33.0 Å². The monoisotopic (exact) mass is 417 g/mol. The summed E-state index contributed by atoms with van der Waals surface area (Å²) in [7, 11) is 2.29. The lowest BCUT2D eigenvalue weighted by Gasteiger charge is -2.54. The van der Waals surface area contributed by atoms with E-state index in [4.69, 9.17) is 0 Å². The highest BCUT2D eigenvalue weighted by Gasteiger charge is 2.43. The number of nitrogens with zero attached hydrogens (tertiary/aromatic N) is 2. The largest absolute Gasteiger partial charge is 0.354 e. The van der Waals surface area contributed by atoms with Gasteiger partial charge in [-0.3, -0.25) is 9.88 Å². The summed E-state index contributed by atoms with van der Waals surface area (Å²) in [4.78, 5) is 10.9. The molecule has 0 bridgehead atoms. The van der Waals surface area contributed by atoms with Crippen molar-refractivity contribution in [3.63, 3.8) is 0 Å². The zero-order valence-corrected chi connectivity index (χ0v) is 20.9. The van der Waals surface area contributed by atoms with E-state index in [1.165, 1.54) is 46.1 Å². The highest BCUT2D eigenvalue weighted by Crippen LogP contribution is 2.46. The topological polar surface area (TPSA) is 31.9 Å². The maximum absolute atomic E-state index is 4.58. The molecule has 1 aliphatic heterocycles. The minimum atomic E-state index is 0.192. The fourth-order valence-corrected chi connectivity index (χ4v) is 5.90. The van der Waals surface area contributed by atoms with Gasteiger partial charge in [-0.25, -0.2) is 0 Å². The first kappa shape index (κ1) is 22.1. The fourth-order valence-electron chi connectivity index (χ4n) is 5.90. The van der Waals surface area contributed by atoms with Crippen molar-refractivity contribution in [1.29, 1.82) is 0 Å². The van der Waals surface area contributed by atoms with Gasteiger partial charge in [0.1, 0.15) is 0 Å². The van der Waals surface area contributed by atoms with Gasteiger partial charge in [-0.15, -0.1) is 0 Å². The summed E-state index contributed by atoms with van der Waals surface area (Å²) < 4.78 is 0. The van der Waals surface area contributed by atoms with Crippen molar-refractivity contribution in [1.82, 2.24) is 14.9 Å². The molecule has 166 valence electrons. The van der Waals surface area contributed by atoms with Crippen molar-refractivity contribution in [3.8, 4) is 11.3 Å². The number of hydrogen-bond donors (Lipinski definition) is 1. The van der Waals surface area contributed by atoms with Crippen molar-refractivity contribution in [2.45, 2.75) is 91.1 Å². The van der Waals surface area contributed by atoms with Gasteiger partial charge in [0.05, 0.1) is 5.69 Å². The van der Waals surface area contributed by atoms with Gasteiger partial charge in [-0.1, -0.05) is 19.9 Å². The predicted molar refractivity (Wildman–Crippen MR) is 133 cm³/mol. The lowest BCUT2D eigenvalue weighted by Crippen LogP contribution is -2.58. The zero-order chi connectivity index (χ0) is 22.7. The normalized spacial score (nSPS) is 19.4. The number of nitrogens with one attached hydrogen (secondary N) is 1. The Morgan fingerprint density at radius 1 is 0.968 bits per heavy atom. The molecule has 4 rings (SSSR count). The molecule has 3 heterocycles. The number of aryl methyl sites for hydroxylation is 2. The molecule has 0 unspecified atom stereocenters. The van der Waals surface area contributed by atoms with Crippen LogP contribution >= 0.6 is 0 Å². The van der Waals surface area contributed by atoms with E-state index in [-0.39, 0.29) is 11.1 Å². The Morgan fingerprint density at radius 3 is 2.10 bits per heavy atom. The van der Waals surface area contributed by atoms with Crippen LogP contribution in [0.3, 0.4) is 0 Å². The lowest BCUT2D eigenvalue weighted by molar-refractivity contribution is -0.0127. The summed E-state index contributed by atoms with van der Waals surface area (Å²) in [6.45, 7) is 18.3. The first-order chi connectivity index (χ1) is 14.4. The number of fused-ring (bicyclic) bond motifs is 1. The lowest BCUT2D eigenvalue weighted by atomic mass is 9.71. The molecule has 0 spiro atoms. The molecule has 2 aromatic heterocycles. The Hall–Kier alpha value is -2.13. The number of aromatic nitrogens is 2. The van der Waals surface area contributed by atoms with E-state index in [9.17, 15) is 0 Å². The minimum Gasteiger partial charge on any atom is -0.354 e. The average molecular weight is 418 g/mol. The second-order valence-corrected chi connectivity index (χ2v) is 11.3. The molecule has 3 aromatic rings. The Balaban J connectivity index is 1.84. The number of hydrogen-bond acceptors (Lipinski definition) is 2. The minimum absolute atomic E-state index is 0.192. The van der Waals surface area contributed by atoms with Crippen molar-refractivity contribution in [3.05, 3.63) is 52.8 Å². The third kappa shape index (κ3) is 3.93. The van der Waals surface area contributed by atoms with Crippen LogP contribution in [-0.2, 0) is 0 Å². The van der Waals surface area contributed by atoms with Crippen LogP contribution in [0.4, 0.5) is 0 Å². The highest BCUT2D eigenvalue weighted by molar-refractivity contribution is 5.92. The molecular weight excluding hydrogens is 378 g/mol. The molecule has 1 saturated heterocycles. The summed E-state index contributed by atoms with van der Waals surface area (Å²) in [6, 6.07) is 11.5. The second kappa shape index (κ2) is 7.48. The number of aromatic amines is 1. The van der Waals surface area contributed by atoms with Crippen molar-refractivity contribution in [2.75, 3.05) is 7.05 Å². The molecule has 1 aliphatic rings. The molecule has 0 atom stereocenters. The molecule has 31 heavy (non-hydrogen) atoms. The number of benzene rings is 1. The maximum atomic E-state index is 4.58. The van der Waals surface area contributed by atoms with Crippen LogP contribution in [0.5, 0.6) is 0 Å². The number of likely N-dealkylation sites (tertiary alicyclic amines) is 1. The van der Waals surface area contributed by atoms with E-state index in [0.717, 1.165) is 11.4 Å². The Morgan fingerprint density at radius 2 is 1.55 bits per heavy atom. The van der Waals surface area contributed by atoms with Gasteiger partial charge >= 0.3 is 0 Å². The van der Waals surface area contributed by atoms with Gasteiger partial charge in [0.15, 0.2) is 0 Å². The van der Waals surface area contributed by atoms with Crippen LogP contribution in [0.15, 0.2) is 30.3 Å². The molecule has 1 fully saturated rings. The fraction of sp³-hybridized carbons (Fsp3) is 0.536. The summed E-state index contributed by atoms with van der Waals surface area (Å²) in [5.74, 6) is 1.02. The van der Waals surface area contributed by atoms with Crippen molar-refractivity contribution in [2.24, 2.45) is 0 Å². The van der Waals surface area contributed by atoms with Crippen molar-refractivity contribution < 1.29 is 0 Å². The maximum Gasteiger partial charge on any atom is 0.0501 e. The van der Waals surface area contributed by atoms with E-state index < -0.39 is 0 Å². The highest BCUT2D eigenvalue weighted by atomic mass is 15.2. The molecule has 0 saturated carbocycles. The molecular formula is C28H39N3. The first-order valence-electron chi connectivity index (χ1n) is 11.7. The quantitative estimate of drug-likeness (QED) is 0.483. The van der Waals surface area contributed by atoms with Gasteiger partial charge in [0.2, 0.25) is 0 Å². The van der Waals surface area contributed by atoms with Crippen LogP contribution in [0, 0.1) is 13.8 Å². The van der Waals surface area contributed by atoms with E-state index in [2.05, 4.69) is 108 Å². The molecule has 1 N–H and O–H groups in total. The molecule has 3 heteroatoms. The third-order valence-electron chi connectivity index (χ3n) is 7.59. The Labute approximate surface area is 188 Å². The predicted octanol–water partition coefficient (Wildman–Crippen LogP) is 7.34. The van der Waals surface area contributed by atoms with Crippen LogP contribution < -0.4 is 0 Å². The number of rotatable bonds is 3. The van der Waals surface area contributed by atoms with E-state index in [1.807, 2.05) is 0 Å². The standard InChI is InChI=1S/C28H39N3/c1-17(2)25-23-14-20(22-15-27(5,6)31(9)28(7,8)16-22)10-11-24(23)30-26(25)21-12-18(3)29-19(4)13-21/h10-14,17,22,30H,15-16H2,1-9H3. The van der Waals surface area contributed by atoms with Crippen LogP contribution in [0.1, 0.15) is 88.7 Å². The molecule has 0 amide bonds. The van der Waals surface area contributed by atoms with Gasteiger partial charge < -0.3 is 4.98 Å². The number of H-pyrrole nitrogens is 1. The van der Waals surface area contributed by atoms with E-state index in [1.54, 1.807) is 0 Å². The smallest absolute Gasteiger partial charge is 0.0501 e. The molecule has 0 radical (unpaired) electrons. The third-order valence-corrected chi connectivity index (χ3v) is 7.59. The molecule has 1 aromatic carbocycles. The average Bonchev–Trinajstić information content (AvgIpc) is 3.03. The second-order valence-electron chi connectivity index (χ2n) is 11.3. The van der Waals surface area contributed by atoms with E-state index in [0.29, 0.717) is 11.8 Å². The van der Waals surface area contributed by atoms with Gasteiger partial charge in [0.25, 0.3) is 0 Å². The molecule has 0 aliphatic carbocycles. The van der Waals surface area contributed by atoms with Gasteiger partial charge in [0, 0.05) is 38.9 Å². The molecule has 3 nitrogen and oxygen atoms in total. The summed E-state index contributed by atoms with van der Waals surface area (Å²) >= 11 is 0. The van der Waals surface area contributed by atoms with E-state index >= 15 is 0 Å². The summed E-state index contributed by atoms with van der Waals surface area (Å²) in [5, 5.41) is 1.38. The SMILES string of the molecule is Cc1cc(-c2[nH]c3ccc(C4CC(C)(C)N(C)C(C)(C)C4)cc3c2C(C)C)cc(C)n1. The number of piperidine rings is 1. The van der Waals surface area contributed by atoms with Crippen LogP contribution in [0.2, 0.25) is 0 Å². The first-order valence-corrected chi connectivity index (χ1v) is 11.7. The van der Waals surface area contributed by atoms with Gasteiger partial charge in [-0.05, 0) is 109 Å². The van der Waals surface area contributed by atoms with Gasteiger partial charge in [-0.2, -0.15) is 0 Å². The Kier molecular flexibility index (Phi) is 5.33. The van der Waals surface area contributed by atoms with Crippen LogP contribution in [0.25, 0.3) is 22.2 Å². The summed E-state index contributed by atoms with van der Waals surface area (Å²) in [6.07, 6.45) is 2.38. The van der Waals surface area contributed by atoms with Crippen molar-refractivity contribution >= 4 is 10.9 Å².